The predicted molar refractivity (Wildman–Crippen MR) is 89.0 cm³/mol. The van der Waals surface area contributed by atoms with Crippen molar-refractivity contribution in [3.8, 4) is 0 Å². The van der Waals surface area contributed by atoms with E-state index in [0.717, 1.165) is 18.4 Å². The average molecular weight is 314 g/mol. The molecule has 0 amide bonds. The van der Waals surface area contributed by atoms with E-state index in [9.17, 15) is 9.59 Å². The average Bonchev–Trinajstić information content (AvgIpc) is 2.56. The van der Waals surface area contributed by atoms with Gasteiger partial charge < -0.3 is 4.74 Å². The van der Waals surface area contributed by atoms with Crippen molar-refractivity contribution < 1.29 is 14.3 Å². The Labute approximate surface area is 138 Å². The molecule has 2 aliphatic carbocycles. The van der Waals surface area contributed by atoms with Gasteiger partial charge in [0.05, 0.1) is 7.11 Å². The summed E-state index contributed by atoms with van der Waals surface area (Å²) >= 11 is 0. The van der Waals surface area contributed by atoms with E-state index in [1.54, 1.807) is 0 Å². The summed E-state index contributed by atoms with van der Waals surface area (Å²) in [6.45, 7) is 2.04. The Hall–Kier alpha value is -1.64. The van der Waals surface area contributed by atoms with Crippen molar-refractivity contribution >= 4 is 11.8 Å². The lowest BCUT2D eigenvalue weighted by molar-refractivity contribution is -0.163. The molecule has 23 heavy (non-hydrogen) atoms. The first-order chi connectivity index (χ1) is 11.0. The van der Waals surface area contributed by atoms with Crippen LogP contribution in [-0.2, 0) is 20.7 Å². The summed E-state index contributed by atoms with van der Waals surface area (Å²) in [4.78, 5) is 25.5. The van der Waals surface area contributed by atoms with Gasteiger partial charge in [-0.1, -0.05) is 49.1 Å². The highest BCUT2D eigenvalue weighted by Crippen LogP contribution is 2.48. The third-order valence-corrected chi connectivity index (χ3v) is 5.86. The van der Waals surface area contributed by atoms with Gasteiger partial charge in [-0.2, -0.15) is 0 Å². The zero-order chi connectivity index (χ0) is 16.4. The minimum Gasteiger partial charge on any atom is -0.468 e. The van der Waals surface area contributed by atoms with Crippen LogP contribution in [-0.4, -0.2) is 18.9 Å². The molecule has 0 spiro atoms. The highest BCUT2D eigenvalue weighted by atomic mass is 16.5. The number of ketones is 1. The third-order valence-electron chi connectivity index (χ3n) is 5.86. The summed E-state index contributed by atoms with van der Waals surface area (Å²) in [5.41, 5.74) is 1.26. The van der Waals surface area contributed by atoms with Crippen LogP contribution in [0.4, 0.5) is 0 Å². The first-order valence-electron chi connectivity index (χ1n) is 8.72. The van der Waals surface area contributed by atoms with Crippen molar-refractivity contribution in [2.75, 3.05) is 7.11 Å². The molecule has 3 heteroatoms. The number of carbonyl (C=O) groups is 2. The van der Waals surface area contributed by atoms with E-state index in [0.29, 0.717) is 31.1 Å². The molecule has 1 aromatic rings. The molecule has 1 aromatic carbocycles. The molecule has 0 bridgehead atoms. The van der Waals surface area contributed by atoms with Crippen LogP contribution in [0.3, 0.4) is 0 Å². The van der Waals surface area contributed by atoms with Gasteiger partial charge in [0.15, 0.2) is 5.78 Å². The van der Waals surface area contributed by atoms with E-state index in [-0.39, 0.29) is 11.8 Å². The Morgan fingerprint density at radius 2 is 1.83 bits per heavy atom. The van der Waals surface area contributed by atoms with Crippen molar-refractivity contribution in [3.05, 3.63) is 35.4 Å². The molecule has 0 unspecified atom stereocenters. The summed E-state index contributed by atoms with van der Waals surface area (Å²) < 4.78 is 5.08. The fourth-order valence-corrected chi connectivity index (χ4v) is 4.51. The van der Waals surface area contributed by atoms with E-state index in [4.69, 9.17) is 4.74 Å². The summed E-state index contributed by atoms with van der Waals surface area (Å²) in [7, 11) is 1.40. The van der Waals surface area contributed by atoms with Crippen LogP contribution in [0.1, 0.15) is 49.7 Å². The molecule has 0 aromatic heterocycles. The van der Waals surface area contributed by atoms with Crippen molar-refractivity contribution in [3.63, 3.8) is 0 Å². The first-order valence-corrected chi connectivity index (χ1v) is 8.72. The van der Waals surface area contributed by atoms with E-state index in [1.807, 2.05) is 31.2 Å². The second-order valence-corrected chi connectivity index (χ2v) is 7.37. The Bertz CT molecular complexity index is 589. The summed E-state index contributed by atoms with van der Waals surface area (Å²) in [5.74, 6) is 0.721. The number of hydrogen-bond acceptors (Lipinski definition) is 3. The molecule has 0 radical (unpaired) electrons. The second kappa shape index (κ2) is 6.46. The topological polar surface area (TPSA) is 43.4 Å². The minimum absolute atomic E-state index is 0.0908. The Balaban J connectivity index is 1.91. The maximum Gasteiger partial charge on any atom is 0.319 e. The van der Waals surface area contributed by atoms with Crippen molar-refractivity contribution in [1.29, 1.82) is 0 Å². The van der Waals surface area contributed by atoms with Gasteiger partial charge in [-0.05, 0) is 43.6 Å². The fourth-order valence-electron chi connectivity index (χ4n) is 4.51. The zero-order valence-corrected chi connectivity index (χ0v) is 14.1. The van der Waals surface area contributed by atoms with Crippen molar-refractivity contribution in [2.45, 2.75) is 51.9 Å². The van der Waals surface area contributed by atoms with Crippen molar-refractivity contribution in [2.24, 2.45) is 17.3 Å². The Morgan fingerprint density at radius 3 is 2.48 bits per heavy atom. The molecule has 2 saturated carbocycles. The number of Topliss-reactive ketones (excluding diaryl/α,β-unsaturated/α-hetero) is 1. The highest BCUT2D eigenvalue weighted by Gasteiger charge is 2.53. The molecule has 2 aliphatic rings. The summed E-state index contributed by atoms with van der Waals surface area (Å²) in [6.07, 6.45) is 6.40. The van der Waals surface area contributed by atoms with Gasteiger partial charge in [-0.15, -0.1) is 0 Å². The van der Waals surface area contributed by atoms with Crippen LogP contribution in [0, 0.1) is 24.2 Å². The standard InChI is InChI=1S/C20H26O3/c1-14-7-9-15(10-8-14)12-20(19(22)23-2)13-17-6-4-3-5-16(17)11-18(20)21/h7-10,16-17H,3-6,11-13H2,1-2H3/t16-,17-,20+/m1/s1. The van der Waals surface area contributed by atoms with E-state index in [2.05, 4.69) is 0 Å². The largest absolute Gasteiger partial charge is 0.468 e. The van der Waals surface area contributed by atoms with Crippen LogP contribution < -0.4 is 0 Å². The monoisotopic (exact) mass is 314 g/mol. The number of rotatable bonds is 3. The number of aryl methyl sites for hydroxylation is 1. The molecule has 3 atom stereocenters. The number of benzene rings is 1. The number of hydrogen-bond donors (Lipinski definition) is 0. The number of carbonyl (C=O) groups excluding carboxylic acids is 2. The summed E-state index contributed by atoms with van der Waals surface area (Å²) in [6, 6.07) is 8.13. The van der Waals surface area contributed by atoms with Crippen LogP contribution in [0.2, 0.25) is 0 Å². The molecule has 0 N–H and O–H groups in total. The number of fused-ring (bicyclic) bond motifs is 1. The second-order valence-electron chi connectivity index (χ2n) is 7.37. The van der Waals surface area contributed by atoms with Gasteiger partial charge in [0.2, 0.25) is 0 Å². The molecule has 3 nitrogen and oxygen atoms in total. The lowest BCUT2D eigenvalue weighted by Crippen LogP contribution is -2.49. The lowest BCUT2D eigenvalue weighted by Gasteiger charge is -2.43. The minimum atomic E-state index is -0.970. The van der Waals surface area contributed by atoms with Crippen LogP contribution in [0.5, 0.6) is 0 Å². The van der Waals surface area contributed by atoms with Crippen LogP contribution in [0.25, 0.3) is 0 Å². The molecule has 0 aliphatic heterocycles. The highest BCUT2D eigenvalue weighted by molar-refractivity contribution is 6.04. The Kier molecular flexibility index (Phi) is 4.56. The zero-order valence-electron chi connectivity index (χ0n) is 14.1. The Morgan fingerprint density at radius 1 is 1.17 bits per heavy atom. The van der Waals surface area contributed by atoms with Gasteiger partial charge in [0.25, 0.3) is 0 Å². The molecule has 3 rings (SSSR count). The third kappa shape index (κ3) is 3.06. The molecular formula is C20H26O3. The number of ether oxygens (including phenoxy) is 1. The van der Waals surface area contributed by atoms with Crippen LogP contribution >= 0.6 is 0 Å². The molecular weight excluding hydrogens is 288 g/mol. The smallest absolute Gasteiger partial charge is 0.319 e. The van der Waals surface area contributed by atoms with Crippen LogP contribution in [0.15, 0.2) is 24.3 Å². The fraction of sp³-hybridized carbons (Fsp3) is 0.600. The van der Waals surface area contributed by atoms with E-state index >= 15 is 0 Å². The maximum absolute atomic E-state index is 12.9. The van der Waals surface area contributed by atoms with Gasteiger partial charge in [-0.3, -0.25) is 9.59 Å². The van der Waals surface area contributed by atoms with Gasteiger partial charge in [-0.25, -0.2) is 0 Å². The molecule has 124 valence electrons. The lowest BCUT2D eigenvalue weighted by atomic mass is 9.59. The van der Waals surface area contributed by atoms with Gasteiger partial charge in [0, 0.05) is 6.42 Å². The summed E-state index contributed by atoms with van der Waals surface area (Å²) in [5, 5.41) is 0. The quantitative estimate of drug-likeness (QED) is 0.628. The SMILES string of the molecule is COC(=O)[C@@]1(Cc2ccc(C)cc2)C[C@H]2CCCC[C@@H]2CC1=O. The van der Waals surface area contributed by atoms with Gasteiger partial charge in [0.1, 0.15) is 5.41 Å². The molecule has 0 heterocycles. The number of esters is 1. The number of methoxy groups -OCH3 is 1. The normalized spacial score (nSPS) is 30.6. The van der Waals surface area contributed by atoms with E-state index < -0.39 is 5.41 Å². The maximum atomic E-state index is 12.9. The van der Waals surface area contributed by atoms with E-state index in [1.165, 1.54) is 25.5 Å². The van der Waals surface area contributed by atoms with Gasteiger partial charge >= 0.3 is 5.97 Å². The van der Waals surface area contributed by atoms with Crippen molar-refractivity contribution in [1.82, 2.24) is 0 Å². The predicted octanol–water partition coefficient (Wildman–Crippen LogP) is 3.87. The molecule has 2 fully saturated rings. The first kappa shape index (κ1) is 16.2. The molecule has 0 saturated heterocycles.